The molecule has 2 aliphatic rings. The van der Waals surface area contributed by atoms with Crippen molar-refractivity contribution in [2.45, 2.75) is 24.5 Å². The van der Waals surface area contributed by atoms with Gasteiger partial charge in [-0.2, -0.15) is 0 Å². The minimum absolute atomic E-state index is 0.0478. The first kappa shape index (κ1) is 16.0. The zero-order valence-corrected chi connectivity index (χ0v) is 13.7. The molecule has 130 valence electrons. The summed E-state index contributed by atoms with van der Waals surface area (Å²) < 4.78 is 25.3. The minimum atomic E-state index is -0.401. The highest BCUT2D eigenvalue weighted by atomic mass is 19.1. The number of pyridine rings is 1. The number of nitrogens with zero attached hydrogens (tertiary/aromatic N) is 2. The lowest BCUT2D eigenvalue weighted by atomic mass is 9.98. The summed E-state index contributed by atoms with van der Waals surface area (Å²) in [6.07, 6.45) is 4.83. The Hall–Kier alpha value is -2.47. The Morgan fingerprint density at radius 3 is 3.08 bits per heavy atom. The van der Waals surface area contributed by atoms with Gasteiger partial charge in [-0.1, -0.05) is 6.07 Å². The number of likely N-dealkylation sites (tertiary alicyclic amines) is 1. The highest BCUT2D eigenvalue weighted by Crippen LogP contribution is 2.37. The zero-order valence-electron chi connectivity index (χ0n) is 13.7. The summed E-state index contributed by atoms with van der Waals surface area (Å²) in [6, 6.07) is 9.50. The van der Waals surface area contributed by atoms with Gasteiger partial charge < -0.3 is 14.4 Å². The second-order valence-corrected chi connectivity index (χ2v) is 6.61. The number of benzene rings is 1. The number of ether oxygens (including phenoxy) is 2. The van der Waals surface area contributed by atoms with Crippen LogP contribution < -0.4 is 4.74 Å². The predicted molar refractivity (Wildman–Crippen MR) is 88.9 cm³/mol. The molecule has 0 saturated carbocycles. The fourth-order valence-electron chi connectivity index (χ4n) is 3.59. The maximum atomic E-state index is 13.4. The number of carbonyl (C=O) groups excluding carboxylic acids is 1. The smallest absolute Gasteiger partial charge is 0.254 e. The molecule has 25 heavy (non-hydrogen) atoms. The molecule has 2 aliphatic heterocycles. The van der Waals surface area contributed by atoms with E-state index in [0.29, 0.717) is 25.3 Å². The van der Waals surface area contributed by atoms with Gasteiger partial charge in [0.2, 0.25) is 0 Å². The first-order valence-corrected chi connectivity index (χ1v) is 8.39. The molecular formula is C19H19FN2O3. The summed E-state index contributed by atoms with van der Waals surface area (Å²) in [6.45, 7) is 1.61. The molecule has 0 N–H and O–H groups in total. The van der Waals surface area contributed by atoms with E-state index in [-0.39, 0.29) is 17.6 Å². The van der Waals surface area contributed by atoms with E-state index >= 15 is 0 Å². The van der Waals surface area contributed by atoms with Crippen molar-refractivity contribution in [3.05, 3.63) is 60.2 Å². The summed E-state index contributed by atoms with van der Waals surface area (Å²) in [7, 11) is 0. The van der Waals surface area contributed by atoms with E-state index in [1.165, 1.54) is 12.1 Å². The fourth-order valence-corrected chi connectivity index (χ4v) is 3.59. The fraction of sp³-hybridized carbons (Fsp3) is 0.368. The van der Waals surface area contributed by atoms with Crippen molar-refractivity contribution in [3.8, 4) is 5.75 Å². The molecule has 2 fully saturated rings. The lowest BCUT2D eigenvalue weighted by Crippen LogP contribution is -2.36. The molecule has 2 saturated heterocycles. The highest BCUT2D eigenvalue weighted by molar-refractivity contribution is 5.94. The van der Waals surface area contributed by atoms with Crippen molar-refractivity contribution in [3.63, 3.8) is 0 Å². The molecule has 3 heterocycles. The molecule has 2 atom stereocenters. The summed E-state index contributed by atoms with van der Waals surface area (Å²) in [5.41, 5.74) is 0.00812. The lowest BCUT2D eigenvalue weighted by molar-refractivity contribution is 0.00994. The number of hydrogen-bond acceptors (Lipinski definition) is 4. The van der Waals surface area contributed by atoms with Gasteiger partial charge in [-0.25, -0.2) is 4.39 Å². The van der Waals surface area contributed by atoms with Gasteiger partial charge in [-0.05, 0) is 36.8 Å². The van der Waals surface area contributed by atoms with Crippen LogP contribution in [0.4, 0.5) is 4.39 Å². The van der Waals surface area contributed by atoms with Crippen LogP contribution in [-0.2, 0) is 4.74 Å². The molecule has 0 radical (unpaired) electrons. The van der Waals surface area contributed by atoms with Crippen molar-refractivity contribution < 1.29 is 18.7 Å². The molecule has 0 unspecified atom stereocenters. The van der Waals surface area contributed by atoms with Gasteiger partial charge in [-0.3, -0.25) is 9.78 Å². The topological polar surface area (TPSA) is 51.7 Å². The Bertz CT molecular complexity index is 770. The quantitative estimate of drug-likeness (QED) is 0.861. The van der Waals surface area contributed by atoms with E-state index < -0.39 is 5.82 Å². The monoisotopic (exact) mass is 342 g/mol. The number of rotatable bonds is 3. The van der Waals surface area contributed by atoms with Crippen molar-refractivity contribution in [2.24, 2.45) is 0 Å². The Labute approximate surface area is 145 Å². The zero-order chi connectivity index (χ0) is 17.3. The Morgan fingerprint density at radius 2 is 2.28 bits per heavy atom. The van der Waals surface area contributed by atoms with Crippen LogP contribution in [0.25, 0.3) is 0 Å². The summed E-state index contributed by atoms with van der Waals surface area (Å²) >= 11 is 0. The second kappa shape index (κ2) is 6.44. The molecule has 1 aromatic heterocycles. The van der Waals surface area contributed by atoms with E-state index in [4.69, 9.17) is 9.47 Å². The summed E-state index contributed by atoms with van der Waals surface area (Å²) in [5.74, 6) is 0.164. The van der Waals surface area contributed by atoms with Crippen LogP contribution in [0.15, 0.2) is 48.8 Å². The Balaban J connectivity index is 1.39. The molecular weight excluding hydrogens is 323 g/mol. The summed E-state index contributed by atoms with van der Waals surface area (Å²) in [5, 5.41) is 0. The first-order chi connectivity index (χ1) is 12.1. The third-order valence-corrected chi connectivity index (χ3v) is 4.79. The SMILES string of the molecule is O=C(c1cccc(F)c1)N1CC[C@]2(C[C@H](Oc3cccnc3)CO2)C1. The number of carbonyl (C=O) groups is 1. The van der Waals surface area contributed by atoms with E-state index in [1.807, 2.05) is 12.1 Å². The van der Waals surface area contributed by atoms with Crippen molar-refractivity contribution in [1.82, 2.24) is 9.88 Å². The maximum Gasteiger partial charge on any atom is 0.254 e. The van der Waals surface area contributed by atoms with Crippen LogP contribution in [0.1, 0.15) is 23.2 Å². The number of hydrogen-bond donors (Lipinski definition) is 0. The third-order valence-electron chi connectivity index (χ3n) is 4.79. The van der Waals surface area contributed by atoms with Crippen LogP contribution in [0.2, 0.25) is 0 Å². The van der Waals surface area contributed by atoms with E-state index in [9.17, 15) is 9.18 Å². The van der Waals surface area contributed by atoms with E-state index in [0.717, 1.165) is 18.6 Å². The van der Waals surface area contributed by atoms with Crippen LogP contribution in [-0.4, -0.2) is 47.2 Å². The average Bonchev–Trinajstić information content (AvgIpc) is 3.22. The molecule has 0 bridgehead atoms. The average molecular weight is 342 g/mol. The molecule has 0 aliphatic carbocycles. The van der Waals surface area contributed by atoms with Gasteiger partial charge in [-0.15, -0.1) is 0 Å². The van der Waals surface area contributed by atoms with Gasteiger partial charge in [0.05, 0.1) is 24.9 Å². The van der Waals surface area contributed by atoms with Crippen LogP contribution in [0.5, 0.6) is 5.75 Å². The first-order valence-electron chi connectivity index (χ1n) is 8.39. The maximum absolute atomic E-state index is 13.4. The largest absolute Gasteiger partial charge is 0.486 e. The molecule has 1 spiro atoms. The van der Waals surface area contributed by atoms with Crippen LogP contribution in [0.3, 0.4) is 0 Å². The number of amides is 1. The van der Waals surface area contributed by atoms with Gasteiger partial charge in [0.15, 0.2) is 0 Å². The van der Waals surface area contributed by atoms with Crippen molar-refractivity contribution in [1.29, 1.82) is 0 Å². The summed E-state index contributed by atoms with van der Waals surface area (Å²) in [4.78, 5) is 18.4. The lowest BCUT2D eigenvalue weighted by Gasteiger charge is -2.23. The van der Waals surface area contributed by atoms with E-state index in [2.05, 4.69) is 4.98 Å². The molecule has 2 aromatic rings. The molecule has 1 amide bonds. The normalized spacial score (nSPS) is 25.5. The van der Waals surface area contributed by atoms with Crippen molar-refractivity contribution >= 4 is 5.91 Å². The minimum Gasteiger partial charge on any atom is -0.486 e. The molecule has 4 rings (SSSR count). The van der Waals surface area contributed by atoms with Crippen molar-refractivity contribution in [2.75, 3.05) is 19.7 Å². The third kappa shape index (κ3) is 3.35. The molecule has 5 nitrogen and oxygen atoms in total. The Kier molecular flexibility index (Phi) is 4.13. The van der Waals surface area contributed by atoms with Crippen LogP contribution >= 0.6 is 0 Å². The van der Waals surface area contributed by atoms with Gasteiger partial charge >= 0.3 is 0 Å². The Morgan fingerprint density at radius 1 is 1.36 bits per heavy atom. The predicted octanol–water partition coefficient (Wildman–Crippen LogP) is 2.67. The van der Waals surface area contributed by atoms with Gasteiger partial charge in [0.1, 0.15) is 17.7 Å². The van der Waals surface area contributed by atoms with Gasteiger partial charge in [0, 0.05) is 24.7 Å². The number of halogens is 1. The standard InChI is InChI=1S/C19H19FN2O3/c20-15-4-1-3-14(9-15)18(23)22-8-6-19(13-22)10-17(12-24-19)25-16-5-2-7-21-11-16/h1-5,7,9,11,17H,6,8,10,12-13H2/t17-,19-/m0/s1. The van der Waals surface area contributed by atoms with Crippen LogP contribution in [0, 0.1) is 5.82 Å². The second-order valence-electron chi connectivity index (χ2n) is 6.61. The number of aromatic nitrogens is 1. The molecule has 6 heteroatoms. The van der Waals surface area contributed by atoms with E-state index in [1.54, 1.807) is 29.4 Å². The highest BCUT2D eigenvalue weighted by Gasteiger charge is 2.47. The van der Waals surface area contributed by atoms with Gasteiger partial charge in [0.25, 0.3) is 5.91 Å². The molecule has 1 aromatic carbocycles.